The lowest BCUT2D eigenvalue weighted by atomic mass is 10.0. The topological polar surface area (TPSA) is 549 Å². The fraction of sp³-hybridized carbons (Fsp3) is 0.745. The van der Waals surface area contributed by atoms with Crippen LogP contribution in [0.5, 0.6) is 0 Å². The minimum absolute atomic E-state index is 0.0185. The summed E-state index contributed by atoms with van der Waals surface area (Å²) in [6.07, 6.45) is 4.81. The van der Waals surface area contributed by atoms with Gasteiger partial charge < -0.3 is 89.2 Å². The number of esters is 2. The number of carbonyl (C=O) groups is 13. The number of hydrogen-bond donors (Lipinski definition) is 15. The zero-order valence-corrected chi connectivity index (χ0v) is 48.0. The number of nitrogens with two attached hydrogens (primary N) is 4. The van der Waals surface area contributed by atoms with Gasteiger partial charge in [-0.1, -0.05) is 40.5 Å². The predicted octanol–water partition coefficient (Wildman–Crippen LogP) is -1.73. The first-order chi connectivity index (χ1) is 38.6. The summed E-state index contributed by atoms with van der Waals surface area (Å²) in [5.74, 6) is -10.5. The Morgan fingerprint density at radius 3 is 1.11 bits per heavy atom. The zero-order valence-electron chi connectivity index (χ0n) is 48.0. The van der Waals surface area contributed by atoms with E-state index in [-0.39, 0.29) is 62.7 Å². The van der Waals surface area contributed by atoms with Gasteiger partial charge >= 0.3 is 59.7 Å². The van der Waals surface area contributed by atoms with Crippen molar-refractivity contribution in [1.82, 2.24) is 25.8 Å². The number of likely N-dealkylation sites (N-methyl/N-ethyl adjacent to an activating group) is 2. The van der Waals surface area contributed by atoms with Gasteiger partial charge in [0.15, 0.2) is 0 Å². The van der Waals surface area contributed by atoms with Crippen molar-refractivity contribution in [3.05, 3.63) is 0 Å². The van der Waals surface area contributed by atoms with Crippen LogP contribution in [0.1, 0.15) is 130 Å². The molecule has 4 aliphatic rings. The molecule has 4 rings (SSSR count). The monoisotopic (exact) mass is 1200 g/mol. The molecule has 1 saturated carbocycles. The van der Waals surface area contributed by atoms with E-state index in [2.05, 4.69) is 16.0 Å². The average molecular weight is 1200 g/mol. The fourth-order valence-electron chi connectivity index (χ4n) is 8.29. The number of aliphatic carboxylic acids is 8. The maximum atomic E-state index is 11.8. The van der Waals surface area contributed by atoms with E-state index in [0.717, 1.165) is 25.7 Å². The molecule has 0 spiro atoms. The molecule has 32 heteroatoms. The third-order valence-electron chi connectivity index (χ3n) is 12.9. The van der Waals surface area contributed by atoms with Crippen LogP contribution in [0.15, 0.2) is 0 Å². The van der Waals surface area contributed by atoms with Crippen LogP contribution >= 0.6 is 0 Å². The van der Waals surface area contributed by atoms with E-state index < -0.39 is 114 Å². The molecule has 3 saturated heterocycles. The van der Waals surface area contributed by atoms with Crippen molar-refractivity contribution in [3.8, 4) is 0 Å². The Kier molecular flexibility index (Phi) is 39.2. The lowest BCUT2D eigenvalue weighted by molar-refractivity contribution is -0.167. The lowest BCUT2D eigenvalue weighted by Gasteiger charge is -2.25. The summed E-state index contributed by atoms with van der Waals surface area (Å²) in [6, 6.07) is -5.34. The smallest absolute Gasteiger partial charge is 0.346 e. The van der Waals surface area contributed by atoms with Crippen LogP contribution in [-0.2, 0) is 71.8 Å². The van der Waals surface area contributed by atoms with Crippen LogP contribution in [0.4, 0.5) is 0 Å². The number of carbonyl (C=O) groups excluding carboxylic acids is 5. The standard InChI is InChI=1S/2C13H21N3O7.2C7H15NO2.C6H10O2.C5H7NO3/c2*14-7(3-4-10(15)17)13(22)23-9(12(20)21)6-16-5-1-2-8(16)11(18)19;2*1-5(2)4-6(8-3)7(9)10;7-6(8)5-3-1-2-4-5;7-4-2-1-3(6-4)5(8)9/h2*7-9H,1-6,14H2,(H2,15,17)(H,18,19)(H,20,21);2*5-6,8H,4H2,1-3H3,(H,9,10);5H,1-4H2,(H,7,8);3H,1-2H2,(H,6,7)(H,8,9)/t7?,8-,9-;7-,8-,9-;2*6-;;3-/m0000.0/s1. The second kappa shape index (κ2) is 41.8. The molecular weight excluding hydrogens is 1110 g/mol. The van der Waals surface area contributed by atoms with Crippen molar-refractivity contribution in [2.24, 2.45) is 40.7 Å². The van der Waals surface area contributed by atoms with Crippen molar-refractivity contribution >= 4 is 77.4 Å². The Hall–Kier alpha value is -7.13. The minimum atomic E-state index is -1.53. The van der Waals surface area contributed by atoms with Crippen molar-refractivity contribution in [1.29, 1.82) is 0 Å². The number of carboxylic acid groups (broad SMARTS) is 8. The van der Waals surface area contributed by atoms with Crippen molar-refractivity contribution in [3.63, 3.8) is 0 Å². The number of amides is 3. The van der Waals surface area contributed by atoms with E-state index in [4.69, 9.17) is 73.3 Å². The summed E-state index contributed by atoms with van der Waals surface area (Å²) in [5, 5.41) is 78.0. The molecule has 3 amide bonds. The number of nitrogens with one attached hydrogen (secondary N) is 3. The largest absolute Gasteiger partial charge is 0.481 e. The average Bonchev–Trinajstić information content (AvgIpc) is 4.27. The van der Waals surface area contributed by atoms with E-state index >= 15 is 0 Å². The molecule has 0 aromatic heterocycles. The van der Waals surface area contributed by atoms with Gasteiger partial charge in [0.2, 0.25) is 29.9 Å². The summed E-state index contributed by atoms with van der Waals surface area (Å²) >= 11 is 0. The van der Waals surface area contributed by atoms with E-state index in [9.17, 15) is 62.3 Å². The van der Waals surface area contributed by atoms with E-state index in [1.165, 1.54) is 9.80 Å². The molecule has 19 N–H and O–H groups in total. The first-order valence-electron chi connectivity index (χ1n) is 27.0. The molecule has 4 fully saturated rings. The number of likely N-dealkylation sites (tertiary alicyclic amines) is 2. The van der Waals surface area contributed by atoms with Gasteiger partial charge in [0.1, 0.15) is 42.3 Å². The molecule has 476 valence electrons. The van der Waals surface area contributed by atoms with Crippen molar-refractivity contribution in [2.75, 3.05) is 40.3 Å². The van der Waals surface area contributed by atoms with E-state index in [0.29, 0.717) is 76.3 Å². The molecule has 1 unspecified atom stereocenters. The molecular formula is C51H89N9O23. The van der Waals surface area contributed by atoms with Crippen molar-refractivity contribution in [2.45, 2.75) is 185 Å². The van der Waals surface area contributed by atoms with Crippen LogP contribution in [0.2, 0.25) is 0 Å². The highest BCUT2D eigenvalue weighted by molar-refractivity contribution is 5.87. The van der Waals surface area contributed by atoms with Gasteiger partial charge in [-0.05, 0) is 110 Å². The maximum Gasteiger partial charge on any atom is 0.346 e. The molecule has 0 aromatic rings. The Balaban J connectivity index is 0. The van der Waals surface area contributed by atoms with Gasteiger partial charge in [0, 0.05) is 32.4 Å². The van der Waals surface area contributed by atoms with Crippen LogP contribution in [0.25, 0.3) is 0 Å². The normalized spacial score (nSPS) is 19.6. The minimum Gasteiger partial charge on any atom is -0.481 e. The molecule has 32 nitrogen and oxygen atoms in total. The quantitative estimate of drug-likeness (QED) is 0.0387. The van der Waals surface area contributed by atoms with Crippen LogP contribution in [-0.4, -0.2) is 223 Å². The Morgan fingerprint density at radius 1 is 0.542 bits per heavy atom. The zero-order chi connectivity index (χ0) is 64.3. The second-order valence-corrected chi connectivity index (χ2v) is 20.7. The van der Waals surface area contributed by atoms with Gasteiger partial charge in [-0.3, -0.25) is 57.7 Å². The number of rotatable bonds is 28. The first kappa shape index (κ1) is 77.9. The number of hydrogen-bond acceptors (Lipinski definition) is 21. The Morgan fingerprint density at radius 2 is 0.904 bits per heavy atom. The van der Waals surface area contributed by atoms with Gasteiger partial charge in [-0.2, -0.15) is 0 Å². The van der Waals surface area contributed by atoms with Crippen LogP contribution in [0, 0.1) is 17.8 Å². The number of carboxylic acids is 8. The highest BCUT2D eigenvalue weighted by Gasteiger charge is 2.38. The SMILES string of the molecule is CN[C@@H](CC(C)C)C(=O)O.CN[C@@H](CC(C)C)C(=O)O.NC(=O)CCC(N)C(=O)O[C@@H](CN1CCC[C@H]1C(=O)O)C(=O)O.NC(=O)CC[C@H](N)C(=O)O[C@@H](CN1CCC[C@H]1C(=O)O)C(=O)O.O=C(O)C1CCCC1.O=C1CC[C@@H](C(=O)O)N1. The fourth-order valence-corrected chi connectivity index (χ4v) is 8.29. The summed E-state index contributed by atoms with van der Waals surface area (Å²) in [6.45, 7) is 8.38. The maximum absolute atomic E-state index is 11.8. The summed E-state index contributed by atoms with van der Waals surface area (Å²) in [5.41, 5.74) is 20.9. The summed E-state index contributed by atoms with van der Waals surface area (Å²) in [7, 11) is 3.34. The third kappa shape index (κ3) is 34.8. The lowest BCUT2D eigenvalue weighted by Crippen LogP contribution is -2.46. The summed E-state index contributed by atoms with van der Waals surface area (Å²) < 4.78 is 9.69. The first-order valence-corrected chi connectivity index (χ1v) is 27.0. The highest BCUT2D eigenvalue weighted by Crippen LogP contribution is 2.24. The number of ether oxygens (including phenoxy) is 2. The van der Waals surface area contributed by atoms with Gasteiger partial charge in [-0.25, -0.2) is 14.4 Å². The number of primary amides is 2. The molecule has 0 radical (unpaired) electrons. The van der Waals surface area contributed by atoms with Gasteiger partial charge in [0.05, 0.1) is 5.92 Å². The Bertz CT molecular complexity index is 2010. The third-order valence-corrected chi connectivity index (χ3v) is 12.9. The summed E-state index contributed by atoms with van der Waals surface area (Å²) in [4.78, 5) is 144. The molecule has 0 aromatic carbocycles. The molecule has 3 aliphatic heterocycles. The van der Waals surface area contributed by atoms with Crippen LogP contribution < -0.4 is 38.9 Å². The molecule has 1 aliphatic carbocycles. The Labute approximate surface area is 480 Å². The molecule has 9 atom stereocenters. The second-order valence-electron chi connectivity index (χ2n) is 20.7. The van der Waals surface area contributed by atoms with Crippen LogP contribution in [0.3, 0.4) is 0 Å². The van der Waals surface area contributed by atoms with E-state index in [1.54, 1.807) is 14.1 Å². The highest BCUT2D eigenvalue weighted by atomic mass is 16.6. The van der Waals surface area contributed by atoms with Gasteiger partial charge in [-0.15, -0.1) is 0 Å². The molecule has 0 bridgehead atoms. The van der Waals surface area contributed by atoms with Crippen molar-refractivity contribution < 1.29 is 113 Å². The van der Waals surface area contributed by atoms with E-state index in [1.807, 2.05) is 27.7 Å². The van der Waals surface area contributed by atoms with Gasteiger partial charge in [0.25, 0.3) is 0 Å². The number of nitrogens with zero attached hydrogens (tertiary/aromatic N) is 2. The predicted molar refractivity (Wildman–Crippen MR) is 291 cm³/mol. The molecule has 3 heterocycles. The molecule has 83 heavy (non-hydrogen) atoms.